The number of imide groups is 1. The Morgan fingerprint density at radius 1 is 1.06 bits per heavy atom. The van der Waals surface area contributed by atoms with Crippen molar-refractivity contribution >= 4 is 17.9 Å². The molecular formula is C24H28N2O7. The van der Waals surface area contributed by atoms with Gasteiger partial charge in [-0.2, -0.15) is 0 Å². The van der Waals surface area contributed by atoms with E-state index in [1.54, 1.807) is 60.7 Å². The molecule has 0 heterocycles. The fourth-order valence-electron chi connectivity index (χ4n) is 3.13. The van der Waals surface area contributed by atoms with E-state index in [0.29, 0.717) is 29.7 Å². The molecule has 0 aliphatic heterocycles. The highest BCUT2D eigenvalue weighted by Crippen LogP contribution is 2.35. The summed E-state index contributed by atoms with van der Waals surface area (Å²) in [5.74, 6) is -1.02. The number of ether oxygens (including phenoxy) is 2. The molecule has 0 unspecified atom stereocenters. The van der Waals surface area contributed by atoms with Crippen LogP contribution in [0, 0.1) is 5.92 Å². The zero-order valence-electron chi connectivity index (χ0n) is 18.3. The van der Waals surface area contributed by atoms with Gasteiger partial charge in [0.15, 0.2) is 0 Å². The van der Waals surface area contributed by atoms with Crippen molar-refractivity contribution in [3.8, 4) is 5.75 Å². The Morgan fingerprint density at radius 3 is 2.45 bits per heavy atom. The Balaban J connectivity index is 2.18. The van der Waals surface area contributed by atoms with Crippen LogP contribution in [-0.2, 0) is 9.53 Å². The number of nitrogens with one attached hydrogen (secondary N) is 2. The first-order valence-electron chi connectivity index (χ1n) is 10.5. The van der Waals surface area contributed by atoms with Crippen LogP contribution < -0.4 is 15.5 Å². The van der Waals surface area contributed by atoms with Crippen LogP contribution in [0.3, 0.4) is 0 Å². The number of benzene rings is 2. The highest BCUT2D eigenvalue weighted by atomic mass is 16.6. The molecule has 0 radical (unpaired) electrons. The van der Waals surface area contributed by atoms with E-state index in [9.17, 15) is 14.4 Å². The Labute approximate surface area is 192 Å². The molecule has 0 spiro atoms. The summed E-state index contributed by atoms with van der Waals surface area (Å²) in [4.78, 5) is 36.0. The van der Waals surface area contributed by atoms with E-state index in [2.05, 4.69) is 5.32 Å². The number of aliphatic hydroxyl groups excluding tert-OH is 1. The molecule has 0 fully saturated rings. The van der Waals surface area contributed by atoms with Crippen molar-refractivity contribution < 1.29 is 34.2 Å². The lowest BCUT2D eigenvalue weighted by molar-refractivity contribution is -0.124. The van der Waals surface area contributed by atoms with Crippen LogP contribution in [0.25, 0.3) is 0 Å². The number of carbonyl (C=O) groups is 3. The first-order chi connectivity index (χ1) is 16.0. The zero-order chi connectivity index (χ0) is 24.1. The molecule has 9 heteroatoms. The number of hydrogen-bond acceptors (Lipinski definition) is 7. The van der Waals surface area contributed by atoms with E-state index in [1.807, 2.05) is 6.92 Å². The molecule has 33 heavy (non-hydrogen) atoms. The van der Waals surface area contributed by atoms with Crippen molar-refractivity contribution in [1.82, 2.24) is 10.8 Å². The van der Waals surface area contributed by atoms with E-state index in [4.69, 9.17) is 19.8 Å². The number of allylic oxidation sites excluding steroid dienone is 1. The smallest absolute Gasteiger partial charge is 0.414 e. The van der Waals surface area contributed by atoms with Crippen LogP contribution in [0.5, 0.6) is 5.75 Å². The predicted molar refractivity (Wildman–Crippen MR) is 120 cm³/mol. The van der Waals surface area contributed by atoms with Gasteiger partial charge in [-0.15, -0.1) is 0 Å². The van der Waals surface area contributed by atoms with Crippen LogP contribution >= 0.6 is 0 Å². The van der Waals surface area contributed by atoms with Crippen molar-refractivity contribution in [3.05, 3.63) is 77.9 Å². The Bertz CT molecular complexity index is 947. The molecule has 176 valence electrons. The highest BCUT2D eigenvalue weighted by molar-refractivity contribution is 6.02. The number of rotatable bonds is 11. The highest BCUT2D eigenvalue weighted by Gasteiger charge is 2.27. The standard InChI is InChI=1S/C24H28N2O7/c1-17(9-5-8-14-21(28)26-31)22(19-12-6-7-13-20(19)32-16-15-27)33-24(30)25-23(29)18-10-3-2-4-11-18/h2-4,6-8,10-14,17,22,27,31H,5,9,15-16H2,1H3,(H,26,28)(H,25,29,30)/b14-8+/t17-,22-/m0/s1. The van der Waals surface area contributed by atoms with Crippen molar-refractivity contribution in [2.24, 2.45) is 5.92 Å². The largest absolute Gasteiger partial charge is 0.491 e. The predicted octanol–water partition coefficient (Wildman–Crippen LogP) is 3.14. The molecule has 2 rings (SSSR count). The van der Waals surface area contributed by atoms with Crippen molar-refractivity contribution in [2.45, 2.75) is 25.9 Å². The maximum Gasteiger partial charge on any atom is 0.414 e. The Kier molecular flexibility index (Phi) is 10.6. The van der Waals surface area contributed by atoms with E-state index >= 15 is 0 Å². The third kappa shape index (κ3) is 8.40. The summed E-state index contributed by atoms with van der Waals surface area (Å²) in [6.07, 6.45) is 2.10. The lowest BCUT2D eigenvalue weighted by Gasteiger charge is -2.26. The topological polar surface area (TPSA) is 134 Å². The average Bonchev–Trinajstić information content (AvgIpc) is 2.84. The molecule has 0 aromatic heterocycles. The SMILES string of the molecule is C[C@@H](CC/C=C/C(=O)NO)[C@H](OC(=O)NC(=O)c1ccccc1)c1ccccc1OCCO. The fourth-order valence-corrected chi connectivity index (χ4v) is 3.13. The summed E-state index contributed by atoms with van der Waals surface area (Å²) in [7, 11) is 0. The first-order valence-corrected chi connectivity index (χ1v) is 10.5. The molecule has 0 bridgehead atoms. The number of alkyl carbamates (subject to hydrolysis) is 1. The maximum atomic E-state index is 12.6. The van der Waals surface area contributed by atoms with Gasteiger partial charge in [0, 0.05) is 17.2 Å². The maximum absolute atomic E-state index is 12.6. The van der Waals surface area contributed by atoms with Crippen LogP contribution in [0.4, 0.5) is 4.79 Å². The van der Waals surface area contributed by atoms with Crippen molar-refractivity contribution in [2.75, 3.05) is 13.2 Å². The van der Waals surface area contributed by atoms with Gasteiger partial charge in [0.25, 0.3) is 11.8 Å². The van der Waals surface area contributed by atoms with Gasteiger partial charge in [0.1, 0.15) is 18.5 Å². The summed E-state index contributed by atoms with van der Waals surface area (Å²) < 4.78 is 11.3. The molecule has 0 aliphatic carbocycles. The summed E-state index contributed by atoms with van der Waals surface area (Å²) in [6, 6.07) is 15.3. The molecule has 3 amide bonds. The molecule has 2 aromatic carbocycles. The van der Waals surface area contributed by atoms with Gasteiger partial charge >= 0.3 is 6.09 Å². The minimum absolute atomic E-state index is 0.0653. The van der Waals surface area contributed by atoms with Crippen molar-refractivity contribution in [3.63, 3.8) is 0 Å². The summed E-state index contributed by atoms with van der Waals surface area (Å²) >= 11 is 0. The van der Waals surface area contributed by atoms with Crippen LogP contribution in [-0.4, -0.2) is 41.4 Å². The number of aliphatic hydroxyl groups is 1. The second-order valence-corrected chi connectivity index (χ2v) is 7.19. The zero-order valence-corrected chi connectivity index (χ0v) is 18.3. The normalized spacial score (nSPS) is 12.6. The third-order valence-electron chi connectivity index (χ3n) is 4.74. The number of hydroxylamine groups is 1. The van der Waals surface area contributed by atoms with Crippen LogP contribution in [0.2, 0.25) is 0 Å². The van der Waals surface area contributed by atoms with E-state index in [1.165, 1.54) is 11.6 Å². The molecule has 4 N–H and O–H groups in total. The minimum atomic E-state index is -0.909. The van der Waals surface area contributed by atoms with Crippen LogP contribution in [0.1, 0.15) is 41.8 Å². The molecular weight excluding hydrogens is 428 g/mol. The number of para-hydroxylation sites is 1. The Morgan fingerprint density at radius 2 is 1.76 bits per heavy atom. The van der Waals surface area contributed by atoms with E-state index in [0.717, 1.165) is 0 Å². The van der Waals surface area contributed by atoms with Gasteiger partial charge in [-0.05, 0) is 37.0 Å². The van der Waals surface area contributed by atoms with E-state index < -0.39 is 24.0 Å². The van der Waals surface area contributed by atoms with Gasteiger partial charge in [-0.3, -0.25) is 20.1 Å². The number of amides is 3. The summed E-state index contributed by atoms with van der Waals surface area (Å²) in [6.45, 7) is 1.74. The number of carbonyl (C=O) groups excluding carboxylic acids is 3. The van der Waals surface area contributed by atoms with Gasteiger partial charge in [-0.25, -0.2) is 10.3 Å². The molecule has 0 aliphatic rings. The van der Waals surface area contributed by atoms with Gasteiger partial charge in [0.2, 0.25) is 0 Å². The van der Waals surface area contributed by atoms with Crippen LogP contribution in [0.15, 0.2) is 66.7 Å². The fraction of sp³-hybridized carbons (Fsp3) is 0.292. The summed E-state index contributed by atoms with van der Waals surface area (Å²) in [5.41, 5.74) is 2.41. The monoisotopic (exact) mass is 456 g/mol. The minimum Gasteiger partial charge on any atom is -0.491 e. The van der Waals surface area contributed by atoms with E-state index in [-0.39, 0.29) is 19.1 Å². The second kappa shape index (κ2) is 13.7. The molecule has 0 saturated carbocycles. The lowest BCUT2D eigenvalue weighted by Crippen LogP contribution is -2.33. The van der Waals surface area contributed by atoms with Gasteiger partial charge in [-0.1, -0.05) is 49.4 Å². The quantitative estimate of drug-likeness (QED) is 0.232. The molecule has 0 saturated heterocycles. The third-order valence-corrected chi connectivity index (χ3v) is 4.74. The summed E-state index contributed by atoms with van der Waals surface area (Å²) in [5, 5.41) is 19.9. The molecule has 9 nitrogen and oxygen atoms in total. The molecule has 2 atom stereocenters. The average molecular weight is 456 g/mol. The van der Waals surface area contributed by atoms with Crippen molar-refractivity contribution in [1.29, 1.82) is 0 Å². The van der Waals surface area contributed by atoms with Gasteiger partial charge in [0.05, 0.1) is 6.61 Å². The molecule has 2 aromatic rings. The lowest BCUT2D eigenvalue weighted by atomic mass is 9.92. The number of hydrogen-bond donors (Lipinski definition) is 4. The Hall–Kier alpha value is -3.69. The second-order valence-electron chi connectivity index (χ2n) is 7.19. The van der Waals surface area contributed by atoms with Gasteiger partial charge < -0.3 is 14.6 Å². The first kappa shape index (κ1) is 25.6.